The van der Waals surface area contributed by atoms with Gasteiger partial charge >= 0.3 is 0 Å². The molecule has 0 spiro atoms. The molecular weight excluding hydrogens is 546 g/mol. The van der Waals surface area contributed by atoms with Crippen molar-refractivity contribution in [3.8, 4) is 44.8 Å². The van der Waals surface area contributed by atoms with Gasteiger partial charge in [0.1, 0.15) is 5.52 Å². The molecule has 0 atom stereocenters. The average Bonchev–Trinajstić information content (AvgIpc) is 3.55. The SMILES string of the molecule is c1cc(-c2cccc3ccccc23)cc(-c2c3ccccc3c(-c3ccc(-c4nc5ccccc5o4)cc3)c3ccccc23)c1. The van der Waals surface area contributed by atoms with Crippen LogP contribution >= 0.6 is 0 Å². The standard InChI is InChI=1S/C43H27NO/c1-2-15-33-28(11-1)12-10-20-34(33)31-13-9-14-32(27-31)42-37-18-5-3-16-35(37)41(36-17-4-6-19-38(36)42)29-23-25-30(26-24-29)43-44-39-21-7-8-22-40(39)45-43/h1-27H. The number of oxazole rings is 1. The molecule has 8 aromatic carbocycles. The van der Waals surface area contributed by atoms with Crippen LogP contribution < -0.4 is 0 Å². The zero-order valence-corrected chi connectivity index (χ0v) is 24.4. The molecule has 0 aliphatic rings. The van der Waals surface area contributed by atoms with E-state index in [2.05, 4.69) is 140 Å². The molecule has 0 N–H and O–H groups in total. The molecule has 0 bridgehead atoms. The molecule has 0 aliphatic carbocycles. The Morgan fingerprint density at radius 2 is 0.911 bits per heavy atom. The summed E-state index contributed by atoms with van der Waals surface area (Å²) in [5.41, 5.74) is 9.97. The molecule has 2 heteroatoms. The van der Waals surface area contributed by atoms with Crippen LogP contribution in [-0.2, 0) is 0 Å². The van der Waals surface area contributed by atoms with E-state index in [0.29, 0.717) is 5.89 Å². The second-order valence-electron chi connectivity index (χ2n) is 11.5. The summed E-state index contributed by atoms with van der Waals surface area (Å²) < 4.78 is 6.06. The summed E-state index contributed by atoms with van der Waals surface area (Å²) in [6.45, 7) is 0. The molecule has 9 rings (SSSR count). The van der Waals surface area contributed by atoms with Crippen molar-refractivity contribution >= 4 is 43.4 Å². The van der Waals surface area contributed by atoms with Crippen molar-refractivity contribution in [2.45, 2.75) is 0 Å². The lowest BCUT2D eigenvalue weighted by Crippen LogP contribution is -1.91. The van der Waals surface area contributed by atoms with Crippen LogP contribution in [-0.4, -0.2) is 4.98 Å². The highest BCUT2D eigenvalue weighted by Gasteiger charge is 2.17. The zero-order chi connectivity index (χ0) is 29.7. The fourth-order valence-electron chi connectivity index (χ4n) is 6.84. The maximum Gasteiger partial charge on any atom is 0.227 e. The number of nitrogens with zero attached hydrogens (tertiary/aromatic N) is 1. The van der Waals surface area contributed by atoms with E-state index in [1.54, 1.807) is 0 Å². The van der Waals surface area contributed by atoms with Crippen LogP contribution in [0, 0.1) is 0 Å². The minimum atomic E-state index is 0.638. The summed E-state index contributed by atoms with van der Waals surface area (Å²) in [5.74, 6) is 0.638. The molecular formula is C43H27NO. The Kier molecular flexibility index (Phi) is 5.85. The molecule has 0 saturated heterocycles. The number of benzene rings is 8. The molecule has 0 radical (unpaired) electrons. The first-order valence-corrected chi connectivity index (χ1v) is 15.3. The van der Waals surface area contributed by atoms with Crippen molar-refractivity contribution in [2.75, 3.05) is 0 Å². The molecule has 9 aromatic rings. The van der Waals surface area contributed by atoms with Crippen LogP contribution in [0.5, 0.6) is 0 Å². The number of fused-ring (bicyclic) bond motifs is 4. The maximum atomic E-state index is 6.06. The van der Waals surface area contributed by atoms with Gasteiger partial charge in [0, 0.05) is 5.56 Å². The van der Waals surface area contributed by atoms with Crippen molar-refractivity contribution < 1.29 is 4.42 Å². The summed E-state index contributed by atoms with van der Waals surface area (Å²) in [6.07, 6.45) is 0. The number of hydrogen-bond donors (Lipinski definition) is 0. The van der Waals surface area contributed by atoms with E-state index in [-0.39, 0.29) is 0 Å². The summed E-state index contributed by atoms with van der Waals surface area (Å²) in [5, 5.41) is 7.47. The number of aromatic nitrogens is 1. The Balaban J connectivity index is 1.23. The van der Waals surface area contributed by atoms with Gasteiger partial charge in [0.2, 0.25) is 5.89 Å². The lowest BCUT2D eigenvalue weighted by atomic mass is 9.85. The molecule has 1 aromatic heterocycles. The first kappa shape index (κ1) is 25.5. The smallest absolute Gasteiger partial charge is 0.227 e. The Bertz CT molecular complexity index is 2440. The number of rotatable bonds is 4. The van der Waals surface area contributed by atoms with E-state index in [1.165, 1.54) is 65.7 Å². The Labute approximate surface area is 260 Å². The van der Waals surface area contributed by atoms with Gasteiger partial charge in [-0.25, -0.2) is 4.98 Å². The highest BCUT2D eigenvalue weighted by atomic mass is 16.3. The van der Waals surface area contributed by atoms with Gasteiger partial charge in [-0.15, -0.1) is 0 Å². The highest BCUT2D eigenvalue weighted by Crippen LogP contribution is 2.44. The van der Waals surface area contributed by atoms with Crippen molar-refractivity contribution in [2.24, 2.45) is 0 Å². The zero-order valence-electron chi connectivity index (χ0n) is 24.4. The Hall–Kier alpha value is -5.99. The van der Waals surface area contributed by atoms with E-state index < -0.39 is 0 Å². The molecule has 45 heavy (non-hydrogen) atoms. The van der Waals surface area contributed by atoms with Crippen LogP contribution in [0.2, 0.25) is 0 Å². The first-order chi connectivity index (χ1) is 22.3. The highest BCUT2D eigenvalue weighted by molar-refractivity contribution is 6.21. The molecule has 0 saturated carbocycles. The van der Waals surface area contributed by atoms with Gasteiger partial charge in [0.15, 0.2) is 5.58 Å². The van der Waals surface area contributed by atoms with Gasteiger partial charge < -0.3 is 4.42 Å². The topological polar surface area (TPSA) is 26.0 Å². The molecule has 0 fully saturated rings. The van der Waals surface area contributed by atoms with Crippen molar-refractivity contribution in [3.05, 3.63) is 164 Å². The third-order valence-corrected chi connectivity index (χ3v) is 8.90. The monoisotopic (exact) mass is 573 g/mol. The Morgan fingerprint density at radius 3 is 1.62 bits per heavy atom. The first-order valence-electron chi connectivity index (χ1n) is 15.3. The minimum absolute atomic E-state index is 0.638. The van der Waals surface area contributed by atoms with E-state index in [9.17, 15) is 0 Å². The van der Waals surface area contributed by atoms with Crippen molar-refractivity contribution in [1.82, 2.24) is 4.98 Å². The van der Waals surface area contributed by atoms with Gasteiger partial charge in [-0.1, -0.05) is 133 Å². The molecule has 210 valence electrons. The fourth-order valence-corrected chi connectivity index (χ4v) is 6.84. The maximum absolute atomic E-state index is 6.06. The second kappa shape index (κ2) is 10.3. The summed E-state index contributed by atoms with van der Waals surface area (Å²) >= 11 is 0. The third kappa shape index (κ3) is 4.22. The lowest BCUT2D eigenvalue weighted by molar-refractivity contribution is 0.620. The van der Waals surface area contributed by atoms with Crippen LogP contribution in [0.25, 0.3) is 88.3 Å². The molecule has 1 heterocycles. The quantitative estimate of drug-likeness (QED) is 0.196. The summed E-state index contributed by atoms with van der Waals surface area (Å²) in [4.78, 5) is 4.71. The summed E-state index contributed by atoms with van der Waals surface area (Å²) in [6, 6.07) is 58.3. The fraction of sp³-hybridized carbons (Fsp3) is 0. The van der Waals surface area contributed by atoms with Gasteiger partial charge in [-0.05, 0) is 96.0 Å². The third-order valence-electron chi connectivity index (χ3n) is 8.90. The molecule has 0 amide bonds. The number of hydrogen-bond acceptors (Lipinski definition) is 2. The minimum Gasteiger partial charge on any atom is -0.436 e. The predicted molar refractivity (Wildman–Crippen MR) is 188 cm³/mol. The average molecular weight is 574 g/mol. The predicted octanol–water partition coefficient (Wildman–Crippen LogP) is 12.0. The normalized spacial score (nSPS) is 11.6. The van der Waals surface area contributed by atoms with E-state index in [4.69, 9.17) is 9.40 Å². The molecule has 0 unspecified atom stereocenters. The van der Waals surface area contributed by atoms with Crippen molar-refractivity contribution in [1.29, 1.82) is 0 Å². The van der Waals surface area contributed by atoms with Crippen LogP contribution in [0.4, 0.5) is 0 Å². The van der Waals surface area contributed by atoms with Crippen LogP contribution in [0.3, 0.4) is 0 Å². The van der Waals surface area contributed by atoms with Crippen LogP contribution in [0.1, 0.15) is 0 Å². The number of para-hydroxylation sites is 2. The largest absolute Gasteiger partial charge is 0.436 e. The van der Waals surface area contributed by atoms with Gasteiger partial charge in [-0.2, -0.15) is 0 Å². The van der Waals surface area contributed by atoms with E-state index in [1.807, 2.05) is 24.3 Å². The van der Waals surface area contributed by atoms with E-state index in [0.717, 1.165) is 16.7 Å². The molecule has 0 aliphatic heterocycles. The van der Waals surface area contributed by atoms with Gasteiger partial charge in [0.25, 0.3) is 0 Å². The lowest BCUT2D eigenvalue weighted by Gasteiger charge is -2.18. The van der Waals surface area contributed by atoms with Gasteiger partial charge in [-0.3, -0.25) is 0 Å². The van der Waals surface area contributed by atoms with E-state index >= 15 is 0 Å². The van der Waals surface area contributed by atoms with Crippen LogP contribution in [0.15, 0.2) is 168 Å². The van der Waals surface area contributed by atoms with Gasteiger partial charge in [0.05, 0.1) is 0 Å². The molecule has 2 nitrogen and oxygen atoms in total. The second-order valence-corrected chi connectivity index (χ2v) is 11.5. The van der Waals surface area contributed by atoms with Crippen molar-refractivity contribution in [3.63, 3.8) is 0 Å². The summed E-state index contributed by atoms with van der Waals surface area (Å²) in [7, 11) is 0. The Morgan fingerprint density at radius 1 is 0.378 bits per heavy atom.